The van der Waals surface area contributed by atoms with E-state index in [4.69, 9.17) is 9.84 Å². The minimum Gasteiger partial charge on any atom is -0.390 e. The fourth-order valence-electron chi connectivity index (χ4n) is 1.85. The SMILES string of the molecule is Cc1cc(CO)n([C@@H]2CCCCO2)n1. The summed E-state index contributed by atoms with van der Waals surface area (Å²) < 4.78 is 7.42. The van der Waals surface area contributed by atoms with Gasteiger partial charge in [-0.1, -0.05) is 0 Å². The molecule has 0 spiro atoms. The van der Waals surface area contributed by atoms with E-state index in [0.29, 0.717) is 0 Å². The smallest absolute Gasteiger partial charge is 0.150 e. The van der Waals surface area contributed by atoms with E-state index in [-0.39, 0.29) is 12.8 Å². The first-order chi connectivity index (χ1) is 6.81. The molecule has 4 heteroatoms. The Morgan fingerprint density at radius 3 is 3.14 bits per heavy atom. The summed E-state index contributed by atoms with van der Waals surface area (Å²) in [5.41, 5.74) is 1.78. The quantitative estimate of drug-likeness (QED) is 0.777. The minimum atomic E-state index is 0.0274. The zero-order valence-corrected chi connectivity index (χ0v) is 8.44. The second kappa shape index (κ2) is 4.11. The average Bonchev–Trinajstić information content (AvgIpc) is 2.61. The summed E-state index contributed by atoms with van der Waals surface area (Å²) in [5, 5.41) is 13.5. The molecule has 2 heterocycles. The number of nitrogens with zero attached hydrogens (tertiary/aromatic N) is 2. The Bertz CT molecular complexity index is 303. The molecule has 1 aliphatic rings. The van der Waals surface area contributed by atoms with Crippen LogP contribution in [0, 0.1) is 6.92 Å². The highest BCUT2D eigenvalue weighted by Crippen LogP contribution is 2.23. The third-order valence-corrected chi connectivity index (χ3v) is 2.53. The van der Waals surface area contributed by atoms with Crippen LogP contribution in [0.15, 0.2) is 6.07 Å². The summed E-state index contributed by atoms with van der Waals surface area (Å²) in [6, 6.07) is 1.90. The van der Waals surface area contributed by atoms with Crippen LogP contribution in [-0.2, 0) is 11.3 Å². The highest BCUT2D eigenvalue weighted by atomic mass is 16.5. The maximum absolute atomic E-state index is 9.15. The largest absolute Gasteiger partial charge is 0.390 e. The number of aliphatic hydroxyl groups excluding tert-OH is 1. The fraction of sp³-hybridized carbons (Fsp3) is 0.700. The highest BCUT2D eigenvalue weighted by Gasteiger charge is 2.19. The molecule has 78 valence electrons. The van der Waals surface area contributed by atoms with Crippen LogP contribution in [-0.4, -0.2) is 21.5 Å². The van der Waals surface area contributed by atoms with E-state index < -0.39 is 0 Å². The Morgan fingerprint density at radius 1 is 1.64 bits per heavy atom. The highest BCUT2D eigenvalue weighted by molar-refractivity contribution is 5.08. The Morgan fingerprint density at radius 2 is 2.50 bits per heavy atom. The molecule has 1 aromatic rings. The van der Waals surface area contributed by atoms with Crippen LogP contribution >= 0.6 is 0 Å². The van der Waals surface area contributed by atoms with Crippen LogP contribution in [0.5, 0.6) is 0 Å². The van der Waals surface area contributed by atoms with Crippen molar-refractivity contribution in [3.8, 4) is 0 Å². The van der Waals surface area contributed by atoms with Crippen LogP contribution in [0.2, 0.25) is 0 Å². The second-order valence-corrected chi connectivity index (χ2v) is 3.70. The summed E-state index contributed by atoms with van der Waals surface area (Å²) >= 11 is 0. The molecule has 1 fully saturated rings. The van der Waals surface area contributed by atoms with Gasteiger partial charge in [0.1, 0.15) is 0 Å². The molecule has 14 heavy (non-hydrogen) atoms. The lowest BCUT2D eigenvalue weighted by Crippen LogP contribution is -2.21. The maximum atomic E-state index is 9.15. The molecule has 2 rings (SSSR count). The van der Waals surface area contributed by atoms with Crippen molar-refractivity contribution < 1.29 is 9.84 Å². The molecule has 4 nitrogen and oxygen atoms in total. The summed E-state index contributed by atoms with van der Waals surface area (Å²) in [4.78, 5) is 0. The molecule has 0 amide bonds. The van der Waals surface area contributed by atoms with Gasteiger partial charge >= 0.3 is 0 Å². The summed E-state index contributed by atoms with van der Waals surface area (Å²) in [5.74, 6) is 0. The number of aryl methyl sites for hydroxylation is 1. The van der Waals surface area contributed by atoms with E-state index in [0.717, 1.165) is 30.8 Å². The molecule has 0 radical (unpaired) electrons. The monoisotopic (exact) mass is 196 g/mol. The van der Waals surface area contributed by atoms with Crippen molar-refractivity contribution in [2.75, 3.05) is 6.61 Å². The minimum absolute atomic E-state index is 0.0274. The molecule has 0 aliphatic carbocycles. The van der Waals surface area contributed by atoms with Gasteiger partial charge in [0.15, 0.2) is 6.23 Å². The Hall–Kier alpha value is -0.870. The third-order valence-electron chi connectivity index (χ3n) is 2.53. The van der Waals surface area contributed by atoms with Crippen LogP contribution < -0.4 is 0 Å². The zero-order valence-electron chi connectivity index (χ0n) is 8.44. The van der Waals surface area contributed by atoms with E-state index in [9.17, 15) is 0 Å². The Labute approximate surface area is 83.5 Å². The summed E-state index contributed by atoms with van der Waals surface area (Å²) in [6.07, 6.45) is 3.33. The zero-order chi connectivity index (χ0) is 9.97. The van der Waals surface area contributed by atoms with Gasteiger partial charge in [0.05, 0.1) is 18.0 Å². The van der Waals surface area contributed by atoms with Crippen molar-refractivity contribution in [1.29, 1.82) is 0 Å². The molecular formula is C10H16N2O2. The van der Waals surface area contributed by atoms with Crippen molar-refractivity contribution in [1.82, 2.24) is 9.78 Å². The van der Waals surface area contributed by atoms with E-state index in [2.05, 4.69) is 5.10 Å². The summed E-state index contributed by atoms with van der Waals surface area (Å²) in [6.45, 7) is 2.76. The number of hydrogen-bond acceptors (Lipinski definition) is 3. The normalized spacial score (nSPS) is 22.6. The summed E-state index contributed by atoms with van der Waals surface area (Å²) in [7, 11) is 0. The number of rotatable bonds is 2. The number of hydrogen-bond donors (Lipinski definition) is 1. The fourth-order valence-corrected chi connectivity index (χ4v) is 1.85. The van der Waals surface area contributed by atoms with Crippen LogP contribution in [0.1, 0.15) is 36.9 Å². The van der Waals surface area contributed by atoms with Gasteiger partial charge in [-0.15, -0.1) is 0 Å². The lowest BCUT2D eigenvalue weighted by Gasteiger charge is -2.24. The molecule has 0 aromatic carbocycles. The van der Waals surface area contributed by atoms with E-state index in [1.807, 2.05) is 17.7 Å². The van der Waals surface area contributed by atoms with Gasteiger partial charge < -0.3 is 9.84 Å². The van der Waals surface area contributed by atoms with Crippen LogP contribution in [0.4, 0.5) is 0 Å². The molecule has 1 atom stereocenters. The Kier molecular flexibility index (Phi) is 2.84. The lowest BCUT2D eigenvalue weighted by atomic mass is 10.2. The van der Waals surface area contributed by atoms with Gasteiger partial charge in [-0.25, -0.2) is 4.68 Å². The first-order valence-electron chi connectivity index (χ1n) is 5.09. The predicted molar refractivity (Wildman–Crippen MR) is 51.7 cm³/mol. The van der Waals surface area contributed by atoms with Crippen LogP contribution in [0.25, 0.3) is 0 Å². The molecular weight excluding hydrogens is 180 g/mol. The molecule has 0 saturated carbocycles. The van der Waals surface area contributed by atoms with Gasteiger partial charge in [0.2, 0.25) is 0 Å². The number of ether oxygens (including phenoxy) is 1. The van der Waals surface area contributed by atoms with E-state index >= 15 is 0 Å². The van der Waals surface area contributed by atoms with Crippen molar-refractivity contribution in [3.05, 3.63) is 17.5 Å². The maximum Gasteiger partial charge on any atom is 0.150 e. The van der Waals surface area contributed by atoms with Crippen molar-refractivity contribution in [3.63, 3.8) is 0 Å². The lowest BCUT2D eigenvalue weighted by molar-refractivity contribution is -0.0427. The first-order valence-corrected chi connectivity index (χ1v) is 5.09. The van der Waals surface area contributed by atoms with Crippen molar-refractivity contribution in [2.45, 2.75) is 39.0 Å². The van der Waals surface area contributed by atoms with Crippen molar-refractivity contribution >= 4 is 0 Å². The molecule has 1 saturated heterocycles. The van der Waals surface area contributed by atoms with Gasteiger partial charge in [-0.05, 0) is 32.3 Å². The molecule has 1 aromatic heterocycles. The Balaban J connectivity index is 2.20. The van der Waals surface area contributed by atoms with Gasteiger partial charge in [-0.3, -0.25) is 0 Å². The first kappa shape index (κ1) is 9.68. The molecule has 1 aliphatic heterocycles. The standard InChI is InChI=1S/C10H16N2O2/c1-8-6-9(7-13)12(11-8)10-4-2-3-5-14-10/h6,10,13H,2-5,7H2,1H3/t10-/m0/s1. The van der Waals surface area contributed by atoms with E-state index in [1.165, 1.54) is 6.42 Å². The van der Waals surface area contributed by atoms with Gasteiger partial charge in [-0.2, -0.15) is 5.10 Å². The average molecular weight is 196 g/mol. The third kappa shape index (κ3) is 1.81. The molecule has 0 bridgehead atoms. The predicted octanol–water partition coefficient (Wildman–Crippen LogP) is 1.38. The van der Waals surface area contributed by atoms with Gasteiger partial charge in [0, 0.05) is 6.61 Å². The van der Waals surface area contributed by atoms with Crippen molar-refractivity contribution in [2.24, 2.45) is 0 Å². The number of aromatic nitrogens is 2. The number of aliphatic hydroxyl groups is 1. The molecule has 1 N–H and O–H groups in total. The topological polar surface area (TPSA) is 47.3 Å². The van der Waals surface area contributed by atoms with E-state index in [1.54, 1.807) is 0 Å². The van der Waals surface area contributed by atoms with Gasteiger partial charge in [0.25, 0.3) is 0 Å². The molecule has 0 unspecified atom stereocenters. The van der Waals surface area contributed by atoms with Crippen LogP contribution in [0.3, 0.4) is 0 Å². The second-order valence-electron chi connectivity index (χ2n) is 3.70.